The number of nitrogens with zero attached hydrogens (tertiary/aromatic N) is 4. The molecule has 8 nitrogen and oxygen atoms in total. The fourth-order valence-electron chi connectivity index (χ4n) is 4.32. The summed E-state index contributed by atoms with van der Waals surface area (Å²) in [6.45, 7) is 3.55. The molecule has 10 heteroatoms. The molecule has 0 atom stereocenters. The fraction of sp³-hybridized carbons (Fsp3) is 0.226. The number of aryl methyl sites for hydroxylation is 1. The molecular weight excluding hydrogens is 556 g/mol. The van der Waals surface area contributed by atoms with Gasteiger partial charge in [0, 0.05) is 30.5 Å². The van der Waals surface area contributed by atoms with Crippen molar-refractivity contribution in [3.63, 3.8) is 0 Å². The van der Waals surface area contributed by atoms with Crippen LogP contribution in [0.5, 0.6) is 5.75 Å². The molecule has 0 aliphatic rings. The number of imidazole rings is 1. The van der Waals surface area contributed by atoms with E-state index in [1.165, 1.54) is 0 Å². The quantitative estimate of drug-likeness (QED) is 0.136. The van der Waals surface area contributed by atoms with Gasteiger partial charge in [-0.15, -0.1) is 0 Å². The highest BCUT2D eigenvalue weighted by Crippen LogP contribution is 2.26. The van der Waals surface area contributed by atoms with Crippen molar-refractivity contribution in [3.8, 4) is 5.75 Å². The average molecular weight is 587 g/mol. The lowest BCUT2D eigenvalue weighted by molar-refractivity contribution is -0.118. The molecule has 2 aromatic heterocycles. The molecule has 1 amide bonds. The Morgan fingerprint density at radius 1 is 1.05 bits per heavy atom. The standard InChI is InChI=1S/C31H31ClN6O2S/c1-3-33-18-24-13-14-34-31(36-24)41-20-29-37-27-17-23(9-12-28(27)38(29)2)35-30(39)19-40-25-10-11-26(32)22(16-25)15-21-7-5-4-6-8-21/h4-14,16-17,33H,3,15,18-20H2,1-2H3,(H,35,39). The van der Waals surface area contributed by atoms with Gasteiger partial charge < -0.3 is 19.9 Å². The van der Waals surface area contributed by atoms with Gasteiger partial charge in [0.05, 0.1) is 22.5 Å². The smallest absolute Gasteiger partial charge is 0.262 e. The predicted octanol–water partition coefficient (Wildman–Crippen LogP) is 6.03. The number of halogens is 1. The molecule has 5 rings (SSSR count). The molecule has 2 heterocycles. The first-order valence-corrected chi connectivity index (χ1v) is 14.7. The van der Waals surface area contributed by atoms with E-state index in [4.69, 9.17) is 21.3 Å². The third-order valence-electron chi connectivity index (χ3n) is 6.46. The van der Waals surface area contributed by atoms with Crippen LogP contribution in [0.2, 0.25) is 5.02 Å². The normalized spacial score (nSPS) is 11.1. The van der Waals surface area contributed by atoms with Gasteiger partial charge >= 0.3 is 0 Å². The maximum Gasteiger partial charge on any atom is 0.262 e. The number of hydrogen-bond acceptors (Lipinski definition) is 7. The number of carbonyl (C=O) groups is 1. The zero-order valence-corrected chi connectivity index (χ0v) is 24.5. The molecule has 0 spiro atoms. The minimum Gasteiger partial charge on any atom is -0.484 e. The van der Waals surface area contributed by atoms with E-state index < -0.39 is 0 Å². The lowest BCUT2D eigenvalue weighted by atomic mass is 10.0. The topological polar surface area (TPSA) is 94.0 Å². The summed E-state index contributed by atoms with van der Waals surface area (Å²) in [5.41, 5.74) is 5.48. The average Bonchev–Trinajstić information content (AvgIpc) is 3.30. The number of anilines is 1. The highest BCUT2D eigenvalue weighted by Gasteiger charge is 2.12. The summed E-state index contributed by atoms with van der Waals surface area (Å²) in [5, 5.41) is 7.57. The van der Waals surface area contributed by atoms with Crippen LogP contribution < -0.4 is 15.4 Å². The molecular formula is C31H31ClN6O2S. The number of amides is 1. The maximum absolute atomic E-state index is 12.7. The zero-order valence-electron chi connectivity index (χ0n) is 22.9. The van der Waals surface area contributed by atoms with E-state index in [1.807, 2.05) is 60.1 Å². The lowest BCUT2D eigenvalue weighted by Crippen LogP contribution is -2.20. The van der Waals surface area contributed by atoms with Gasteiger partial charge in [-0.2, -0.15) is 0 Å². The molecule has 0 unspecified atom stereocenters. The minimum absolute atomic E-state index is 0.124. The fourth-order valence-corrected chi connectivity index (χ4v) is 5.34. The van der Waals surface area contributed by atoms with Crippen molar-refractivity contribution >= 4 is 46.0 Å². The van der Waals surface area contributed by atoms with E-state index in [-0.39, 0.29) is 12.5 Å². The Labute approximate surface area is 248 Å². The second-order valence-electron chi connectivity index (χ2n) is 9.44. The van der Waals surface area contributed by atoms with Crippen molar-refractivity contribution in [1.82, 2.24) is 24.8 Å². The highest BCUT2D eigenvalue weighted by molar-refractivity contribution is 7.98. The Morgan fingerprint density at radius 2 is 1.90 bits per heavy atom. The predicted molar refractivity (Wildman–Crippen MR) is 165 cm³/mol. The van der Waals surface area contributed by atoms with Crippen molar-refractivity contribution in [1.29, 1.82) is 0 Å². The Morgan fingerprint density at radius 3 is 2.73 bits per heavy atom. The molecule has 41 heavy (non-hydrogen) atoms. The second kappa shape index (κ2) is 13.6. The van der Waals surface area contributed by atoms with Gasteiger partial charge in [-0.25, -0.2) is 15.0 Å². The molecule has 3 aromatic carbocycles. The Kier molecular flexibility index (Phi) is 9.51. The van der Waals surface area contributed by atoms with E-state index in [9.17, 15) is 4.79 Å². The Bertz CT molecular complexity index is 1640. The number of fused-ring (bicyclic) bond motifs is 1. The number of carbonyl (C=O) groups excluding carboxylic acids is 1. The van der Waals surface area contributed by atoms with E-state index in [1.54, 1.807) is 30.1 Å². The number of benzene rings is 3. The van der Waals surface area contributed by atoms with Crippen LogP contribution in [-0.2, 0) is 30.6 Å². The SMILES string of the molecule is CCNCc1ccnc(SCc2nc3cc(NC(=O)COc4ccc(Cl)c(Cc5ccccc5)c4)ccc3n2C)n1. The van der Waals surface area contributed by atoms with Crippen molar-refractivity contribution < 1.29 is 9.53 Å². The van der Waals surface area contributed by atoms with Crippen LogP contribution in [0.4, 0.5) is 5.69 Å². The first-order valence-electron chi connectivity index (χ1n) is 13.3. The first-order chi connectivity index (χ1) is 20.0. The summed E-state index contributed by atoms with van der Waals surface area (Å²) in [5.74, 6) is 1.85. The van der Waals surface area contributed by atoms with E-state index in [0.717, 1.165) is 40.2 Å². The van der Waals surface area contributed by atoms with Crippen LogP contribution >= 0.6 is 23.4 Å². The minimum atomic E-state index is -0.259. The van der Waals surface area contributed by atoms with Gasteiger partial charge in [0.15, 0.2) is 11.8 Å². The van der Waals surface area contributed by atoms with Crippen molar-refractivity contribution in [2.75, 3.05) is 18.5 Å². The van der Waals surface area contributed by atoms with E-state index >= 15 is 0 Å². The molecule has 2 N–H and O–H groups in total. The van der Waals surface area contributed by atoms with Gasteiger partial charge in [0.2, 0.25) is 0 Å². The molecule has 0 saturated heterocycles. The number of hydrogen-bond donors (Lipinski definition) is 2. The maximum atomic E-state index is 12.7. The van der Waals surface area contributed by atoms with Gasteiger partial charge in [-0.3, -0.25) is 4.79 Å². The van der Waals surface area contributed by atoms with Gasteiger partial charge in [-0.1, -0.05) is 60.6 Å². The molecule has 0 saturated carbocycles. The van der Waals surface area contributed by atoms with Crippen LogP contribution in [0.15, 0.2) is 84.1 Å². The number of rotatable bonds is 12. The second-order valence-corrected chi connectivity index (χ2v) is 10.8. The van der Waals surface area contributed by atoms with Gasteiger partial charge in [0.25, 0.3) is 5.91 Å². The van der Waals surface area contributed by atoms with Crippen LogP contribution in [0, 0.1) is 0 Å². The molecule has 0 aliphatic heterocycles. The first kappa shape index (κ1) is 28.6. The van der Waals surface area contributed by atoms with Crippen molar-refractivity contribution in [2.45, 2.75) is 30.8 Å². The van der Waals surface area contributed by atoms with Crippen molar-refractivity contribution in [2.24, 2.45) is 7.05 Å². The molecule has 0 fully saturated rings. The third-order valence-corrected chi connectivity index (χ3v) is 7.69. The van der Waals surface area contributed by atoms with Crippen LogP contribution in [-0.4, -0.2) is 38.6 Å². The van der Waals surface area contributed by atoms with Gasteiger partial charge in [-0.05, 0) is 66.6 Å². The van der Waals surface area contributed by atoms with Crippen LogP contribution in [0.1, 0.15) is 29.6 Å². The Hall–Kier alpha value is -3.92. The molecule has 5 aromatic rings. The molecule has 210 valence electrons. The summed E-state index contributed by atoms with van der Waals surface area (Å²) < 4.78 is 7.83. The number of thioether (sulfide) groups is 1. The van der Waals surface area contributed by atoms with Crippen LogP contribution in [0.3, 0.4) is 0 Å². The molecule has 0 radical (unpaired) electrons. The highest BCUT2D eigenvalue weighted by atomic mass is 35.5. The summed E-state index contributed by atoms with van der Waals surface area (Å²) in [7, 11) is 1.98. The Balaban J connectivity index is 1.18. The van der Waals surface area contributed by atoms with Gasteiger partial charge in [0.1, 0.15) is 11.6 Å². The van der Waals surface area contributed by atoms with Crippen LogP contribution in [0.25, 0.3) is 11.0 Å². The summed E-state index contributed by atoms with van der Waals surface area (Å²) in [6.07, 6.45) is 2.47. The number of nitrogens with one attached hydrogen (secondary N) is 2. The summed E-state index contributed by atoms with van der Waals surface area (Å²) in [4.78, 5) is 26.5. The number of ether oxygens (including phenoxy) is 1. The largest absolute Gasteiger partial charge is 0.484 e. The van der Waals surface area contributed by atoms with Crippen molar-refractivity contribution in [3.05, 3.63) is 107 Å². The van der Waals surface area contributed by atoms with E-state index in [2.05, 4.69) is 39.7 Å². The zero-order chi connectivity index (χ0) is 28.6. The van der Waals surface area contributed by atoms with E-state index in [0.29, 0.717) is 40.3 Å². The monoisotopic (exact) mass is 586 g/mol. The third kappa shape index (κ3) is 7.64. The molecule has 0 aliphatic carbocycles. The number of aromatic nitrogens is 4. The summed E-state index contributed by atoms with van der Waals surface area (Å²) in [6, 6.07) is 23.1. The summed E-state index contributed by atoms with van der Waals surface area (Å²) >= 11 is 7.94. The molecule has 0 bridgehead atoms. The lowest BCUT2D eigenvalue weighted by Gasteiger charge is -2.10.